The Morgan fingerprint density at radius 3 is 2.44 bits per heavy atom. The largest absolute Gasteiger partial charge is 0.493 e. The van der Waals surface area contributed by atoms with Crippen molar-refractivity contribution in [2.75, 3.05) is 33.5 Å². The maximum atomic E-state index is 13.6. The van der Waals surface area contributed by atoms with E-state index in [0.717, 1.165) is 6.07 Å². The van der Waals surface area contributed by atoms with Crippen molar-refractivity contribution in [2.45, 2.75) is 12.3 Å². The van der Waals surface area contributed by atoms with Gasteiger partial charge in [0, 0.05) is 6.07 Å². The summed E-state index contributed by atoms with van der Waals surface area (Å²) in [6.07, 6.45) is 3.87. The van der Waals surface area contributed by atoms with Gasteiger partial charge in [0.2, 0.25) is 0 Å². The summed E-state index contributed by atoms with van der Waals surface area (Å²) < 4.78 is 74.0. The fourth-order valence-corrected chi connectivity index (χ4v) is 2.79. The fraction of sp³-hybridized carbons (Fsp3) is 0.292. The number of hydrogen-bond donors (Lipinski definition) is 1. The molecule has 0 saturated heterocycles. The van der Waals surface area contributed by atoms with Crippen molar-refractivity contribution >= 4 is 5.91 Å². The number of alkyl halides is 3. The van der Waals surface area contributed by atoms with Crippen LogP contribution in [0.5, 0.6) is 17.2 Å². The first-order valence-corrected chi connectivity index (χ1v) is 9.77. The minimum atomic E-state index is -4.94. The number of carbonyl (C=O) groups excluding carboxylic acids is 1. The first-order chi connectivity index (χ1) is 16.2. The lowest BCUT2D eigenvalue weighted by Gasteiger charge is -2.19. The van der Waals surface area contributed by atoms with E-state index in [2.05, 4.69) is 17.2 Å². The molecule has 6 nitrogen and oxygen atoms in total. The van der Waals surface area contributed by atoms with Crippen molar-refractivity contribution in [2.24, 2.45) is 0 Å². The molecule has 0 saturated carbocycles. The number of benzene rings is 2. The molecule has 0 aromatic heterocycles. The Morgan fingerprint density at radius 1 is 1.06 bits per heavy atom. The number of nitrogens with one attached hydrogen (secondary N) is 1. The van der Waals surface area contributed by atoms with Gasteiger partial charge in [-0.3, -0.25) is 4.79 Å². The summed E-state index contributed by atoms with van der Waals surface area (Å²) in [7, 11) is 1.44. The molecule has 0 aliphatic carbocycles. The van der Waals surface area contributed by atoms with Crippen LogP contribution in [-0.2, 0) is 15.7 Å². The molecule has 180 valence electrons. The van der Waals surface area contributed by atoms with Gasteiger partial charge in [-0.2, -0.15) is 13.2 Å². The van der Waals surface area contributed by atoms with Crippen molar-refractivity contribution in [1.29, 1.82) is 0 Å². The highest BCUT2D eigenvalue weighted by atomic mass is 19.4. The molecule has 0 aliphatic rings. The van der Waals surface area contributed by atoms with Crippen LogP contribution in [0, 0.1) is 30.5 Å². The topological polar surface area (TPSA) is 66.0 Å². The SMILES string of the molecule is C#CCOc1ccc(OCCNC(=O)C(OCC#C)c2ccc(F)c(C(F)(F)F)c2)cc1OC. The molecule has 0 fully saturated rings. The summed E-state index contributed by atoms with van der Waals surface area (Å²) in [5.41, 5.74) is -1.71. The minimum Gasteiger partial charge on any atom is -0.493 e. The predicted molar refractivity (Wildman–Crippen MR) is 115 cm³/mol. The Bertz CT molecular complexity index is 1070. The summed E-state index contributed by atoms with van der Waals surface area (Å²) in [5, 5.41) is 2.49. The number of methoxy groups -OCH3 is 1. The van der Waals surface area contributed by atoms with Gasteiger partial charge in [-0.1, -0.05) is 17.9 Å². The van der Waals surface area contributed by atoms with Crippen molar-refractivity contribution in [1.82, 2.24) is 5.32 Å². The van der Waals surface area contributed by atoms with E-state index < -0.39 is 29.6 Å². The lowest BCUT2D eigenvalue weighted by atomic mass is 10.0. The Kier molecular flexibility index (Phi) is 9.60. The van der Waals surface area contributed by atoms with Crippen LogP contribution < -0.4 is 19.5 Å². The van der Waals surface area contributed by atoms with Crippen LogP contribution >= 0.6 is 0 Å². The van der Waals surface area contributed by atoms with E-state index >= 15 is 0 Å². The summed E-state index contributed by atoms with van der Waals surface area (Å²) in [5.74, 6) is 3.46. The highest BCUT2D eigenvalue weighted by Gasteiger charge is 2.35. The number of halogens is 4. The van der Waals surface area contributed by atoms with Crippen molar-refractivity contribution in [3.8, 4) is 41.9 Å². The molecule has 1 atom stereocenters. The van der Waals surface area contributed by atoms with Gasteiger partial charge < -0.3 is 24.3 Å². The third-order valence-corrected chi connectivity index (χ3v) is 4.29. The molecular weight excluding hydrogens is 458 g/mol. The second-order valence-corrected chi connectivity index (χ2v) is 6.58. The maximum absolute atomic E-state index is 13.6. The third kappa shape index (κ3) is 7.32. The van der Waals surface area contributed by atoms with Crippen molar-refractivity contribution in [3.05, 3.63) is 53.3 Å². The molecule has 1 unspecified atom stereocenters. The Labute approximate surface area is 194 Å². The van der Waals surface area contributed by atoms with Gasteiger partial charge in [-0.05, 0) is 29.8 Å². The highest BCUT2D eigenvalue weighted by molar-refractivity contribution is 5.82. The summed E-state index contributed by atoms with van der Waals surface area (Å²) in [6, 6.07) is 6.92. The van der Waals surface area contributed by atoms with Crippen LogP contribution in [0.25, 0.3) is 0 Å². The number of hydrogen-bond acceptors (Lipinski definition) is 5. The monoisotopic (exact) mass is 479 g/mol. The Balaban J connectivity index is 2.02. The smallest absolute Gasteiger partial charge is 0.419 e. The summed E-state index contributed by atoms with van der Waals surface area (Å²) in [4.78, 5) is 12.6. The molecule has 0 radical (unpaired) electrons. The lowest BCUT2D eigenvalue weighted by molar-refractivity contribution is -0.140. The molecule has 0 bridgehead atoms. The number of rotatable bonds is 11. The zero-order valence-corrected chi connectivity index (χ0v) is 18.1. The van der Waals surface area contributed by atoms with Gasteiger partial charge >= 0.3 is 6.18 Å². The molecular formula is C24H21F4NO5. The lowest BCUT2D eigenvalue weighted by Crippen LogP contribution is -2.34. The van der Waals surface area contributed by atoms with Crippen LogP contribution in [0.2, 0.25) is 0 Å². The molecule has 34 heavy (non-hydrogen) atoms. The number of terminal acetylenes is 2. The molecule has 2 aromatic carbocycles. The predicted octanol–water partition coefficient (Wildman–Crippen LogP) is 3.75. The van der Waals surface area contributed by atoms with Gasteiger partial charge in [0.15, 0.2) is 17.6 Å². The molecule has 0 spiro atoms. The minimum absolute atomic E-state index is 0.0124. The molecule has 2 rings (SSSR count). The quantitative estimate of drug-likeness (QED) is 0.302. The van der Waals surface area contributed by atoms with E-state index in [1.54, 1.807) is 18.2 Å². The highest BCUT2D eigenvalue weighted by Crippen LogP contribution is 2.34. The van der Waals surface area contributed by atoms with E-state index in [0.29, 0.717) is 29.4 Å². The summed E-state index contributed by atoms with van der Waals surface area (Å²) in [6.45, 7) is -0.288. The maximum Gasteiger partial charge on any atom is 0.419 e. The fourth-order valence-electron chi connectivity index (χ4n) is 2.79. The van der Waals surface area contributed by atoms with Crippen LogP contribution in [-0.4, -0.2) is 39.4 Å². The normalized spacial score (nSPS) is 11.6. The van der Waals surface area contributed by atoms with Gasteiger partial charge in [0.25, 0.3) is 5.91 Å². The van der Waals surface area contributed by atoms with E-state index in [9.17, 15) is 22.4 Å². The second kappa shape index (κ2) is 12.4. The van der Waals surface area contributed by atoms with Crippen molar-refractivity contribution < 1.29 is 41.3 Å². The number of ether oxygens (including phenoxy) is 4. The van der Waals surface area contributed by atoms with E-state index in [1.165, 1.54) is 7.11 Å². The Hall–Kier alpha value is -3.89. The average Bonchev–Trinajstić information content (AvgIpc) is 2.81. The van der Waals surface area contributed by atoms with Gasteiger partial charge in [-0.25, -0.2) is 4.39 Å². The first kappa shape index (κ1) is 26.4. The third-order valence-electron chi connectivity index (χ3n) is 4.29. The number of amides is 1. The molecule has 10 heteroatoms. The van der Waals surface area contributed by atoms with Gasteiger partial charge in [0.1, 0.15) is 31.4 Å². The van der Waals surface area contributed by atoms with Crippen LogP contribution in [0.3, 0.4) is 0 Å². The molecule has 2 aromatic rings. The zero-order chi connectivity index (χ0) is 25.1. The molecule has 1 amide bonds. The molecule has 0 aliphatic heterocycles. The van der Waals surface area contributed by atoms with Crippen LogP contribution in [0.15, 0.2) is 36.4 Å². The van der Waals surface area contributed by atoms with Gasteiger partial charge in [0.05, 0.1) is 19.2 Å². The molecule has 0 heterocycles. The van der Waals surface area contributed by atoms with E-state index in [-0.39, 0.29) is 31.9 Å². The second-order valence-electron chi connectivity index (χ2n) is 6.58. The first-order valence-electron chi connectivity index (χ1n) is 9.77. The standard InChI is InChI=1S/C24H21F4NO5/c1-4-11-33-20-9-7-17(15-21(20)31-3)32-13-10-29-23(30)22(34-12-5-2)16-6-8-19(25)18(14-16)24(26,27)28/h1-2,6-9,14-15,22H,10-13H2,3H3,(H,29,30). The summed E-state index contributed by atoms with van der Waals surface area (Å²) >= 11 is 0. The van der Waals surface area contributed by atoms with E-state index in [1.807, 2.05) is 0 Å². The van der Waals surface area contributed by atoms with Gasteiger partial charge in [-0.15, -0.1) is 12.8 Å². The zero-order valence-electron chi connectivity index (χ0n) is 18.1. The van der Waals surface area contributed by atoms with Crippen molar-refractivity contribution in [3.63, 3.8) is 0 Å². The number of carbonyl (C=O) groups is 1. The van der Waals surface area contributed by atoms with E-state index in [4.69, 9.17) is 31.8 Å². The molecule has 1 N–H and O–H groups in total. The van der Waals surface area contributed by atoms with Crippen LogP contribution in [0.1, 0.15) is 17.2 Å². The average molecular weight is 479 g/mol. The van der Waals surface area contributed by atoms with Crippen LogP contribution in [0.4, 0.5) is 17.6 Å². The Morgan fingerprint density at radius 2 is 1.79 bits per heavy atom.